The minimum atomic E-state index is -4.02. The van der Waals surface area contributed by atoms with Crippen LogP contribution in [0.4, 0.5) is 11.4 Å². The van der Waals surface area contributed by atoms with Crippen molar-refractivity contribution >= 4 is 27.3 Å². The molecule has 0 unspecified atom stereocenters. The van der Waals surface area contributed by atoms with Crippen LogP contribution in [-0.4, -0.2) is 26.4 Å². The van der Waals surface area contributed by atoms with Crippen LogP contribution in [0.5, 0.6) is 5.75 Å². The van der Waals surface area contributed by atoms with Gasteiger partial charge in [-0.1, -0.05) is 36.4 Å². The summed E-state index contributed by atoms with van der Waals surface area (Å²) in [5.41, 5.74) is 3.18. The number of nitrogens with zero attached hydrogens (tertiary/aromatic N) is 1. The zero-order valence-electron chi connectivity index (χ0n) is 19.7. The molecule has 1 amide bonds. The highest BCUT2D eigenvalue weighted by Crippen LogP contribution is 2.31. The Labute approximate surface area is 204 Å². The molecule has 3 aromatic carbocycles. The molecule has 8 nitrogen and oxygen atoms in total. The Kier molecular flexibility index (Phi) is 6.61. The number of carbonyl (C=O) groups excluding carboxylic acids is 1. The van der Waals surface area contributed by atoms with E-state index in [1.165, 1.54) is 19.2 Å². The van der Waals surface area contributed by atoms with Gasteiger partial charge in [0.2, 0.25) is 5.89 Å². The van der Waals surface area contributed by atoms with E-state index in [0.29, 0.717) is 17.3 Å². The van der Waals surface area contributed by atoms with Crippen molar-refractivity contribution in [1.29, 1.82) is 0 Å². The topological polar surface area (TPSA) is 111 Å². The number of aromatic nitrogens is 1. The lowest BCUT2D eigenvalue weighted by Gasteiger charge is -2.16. The van der Waals surface area contributed by atoms with Crippen molar-refractivity contribution in [1.82, 2.24) is 4.98 Å². The van der Waals surface area contributed by atoms with Crippen LogP contribution >= 0.6 is 0 Å². The monoisotopic (exact) mass is 491 g/mol. The molecule has 0 aliphatic carbocycles. The first-order chi connectivity index (χ1) is 16.7. The van der Waals surface area contributed by atoms with Crippen molar-refractivity contribution < 1.29 is 22.4 Å². The lowest BCUT2D eigenvalue weighted by Crippen LogP contribution is -2.17. The molecule has 0 aliphatic heterocycles. The lowest BCUT2D eigenvalue weighted by atomic mass is 10.1. The summed E-state index contributed by atoms with van der Waals surface area (Å²) in [6.45, 7) is 5.29. The largest absolute Gasteiger partial charge is 0.495 e. The molecule has 1 heterocycles. The summed E-state index contributed by atoms with van der Waals surface area (Å²) in [5.74, 6) is 0.291. The Bertz CT molecular complexity index is 1470. The van der Waals surface area contributed by atoms with Gasteiger partial charge in [0, 0.05) is 11.3 Å². The van der Waals surface area contributed by atoms with Gasteiger partial charge in [-0.3, -0.25) is 9.52 Å². The van der Waals surface area contributed by atoms with E-state index in [0.717, 1.165) is 16.7 Å². The van der Waals surface area contributed by atoms with Gasteiger partial charge in [-0.25, -0.2) is 13.4 Å². The zero-order valence-corrected chi connectivity index (χ0v) is 20.6. The third-order valence-electron chi connectivity index (χ3n) is 5.46. The van der Waals surface area contributed by atoms with E-state index in [9.17, 15) is 13.2 Å². The highest BCUT2D eigenvalue weighted by molar-refractivity contribution is 7.92. The fourth-order valence-electron chi connectivity index (χ4n) is 3.63. The number of benzene rings is 3. The minimum absolute atomic E-state index is 0.109. The third-order valence-corrected chi connectivity index (χ3v) is 6.83. The van der Waals surface area contributed by atoms with Gasteiger partial charge in [-0.2, -0.15) is 0 Å². The van der Waals surface area contributed by atoms with Gasteiger partial charge in [0.15, 0.2) is 5.69 Å². The van der Waals surface area contributed by atoms with Crippen molar-refractivity contribution in [3.8, 4) is 17.2 Å². The van der Waals surface area contributed by atoms with Crippen molar-refractivity contribution in [3.63, 3.8) is 0 Å². The number of anilines is 2. The Morgan fingerprint density at radius 3 is 2.29 bits per heavy atom. The van der Waals surface area contributed by atoms with Gasteiger partial charge in [-0.15, -0.1) is 0 Å². The van der Waals surface area contributed by atoms with Gasteiger partial charge >= 0.3 is 0 Å². The second-order valence-corrected chi connectivity index (χ2v) is 9.63. The highest BCUT2D eigenvalue weighted by Gasteiger charge is 2.24. The van der Waals surface area contributed by atoms with Gasteiger partial charge in [0.1, 0.15) is 16.4 Å². The first-order valence-corrected chi connectivity index (χ1v) is 12.3. The number of para-hydroxylation sites is 1. The number of aryl methyl sites for hydroxylation is 3. The fourth-order valence-corrected chi connectivity index (χ4v) is 5.03. The van der Waals surface area contributed by atoms with E-state index in [1.807, 2.05) is 62.4 Å². The van der Waals surface area contributed by atoms with E-state index in [4.69, 9.17) is 9.15 Å². The number of oxazole rings is 1. The number of hydrogen-bond donors (Lipinski definition) is 2. The molecule has 2 N–H and O–H groups in total. The van der Waals surface area contributed by atoms with Gasteiger partial charge in [-0.05, 0) is 62.2 Å². The SMILES string of the molecule is COc1ccc(NC(=O)c2nc(-c3ccccc3)oc2C)cc1S(=O)(=O)Nc1c(C)cccc1C. The van der Waals surface area contributed by atoms with E-state index in [-0.39, 0.29) is 22.0 Å². The van der Waals surface area contributed by atoms with Crippen LogP contribution in [0.2, 0.25) is 0 Å². The number of nitrogens with one attached hydrogen (secondary N) is 2. The van der Waals surface area contributed by atoms with Crippen LogP contribution < -0.4 is 14.8 Å². The normalized spacial score (nSPS) is 11.2. The van der Waals surface area contributed by atoms with Crippen LogP contribution in [0.15, 0.2) is 76.0 Å². The number of sulfonamides is 1. The molecule has 0 aliphatic rings. The maximum Gasteiger partial charge on any atom is 0.277 e. The summed E-state index contributed by atoms with van der Waals surface area (Å²) >= 11 is 0. The quantitative estimate of drug-likeness (QED) is 0.362. The number of carbonyl (C=O) groups is 1. The van der Waals surface area contributed by atoms with E-state index >= 15 is 0 Å². The number of rotatable bonds is 7. The maximum atomic E-state index is 13.3. The summed E-state index contributed by atoms with van der Waals surface area (Å²) in [6.07, 6.45) is 0. The predicted molar refractivity (Wildman–Crippen MR) is 134 cm³/mol. The molecule has 180 valence electrons. The summed E-state index contributed by atoms with van der Waals surface area (Å²) in [7, 11) is -2.64. The third kappa shape index (κ3) is 5.04. The average Bonchev–Trinajstić information content (AvgIpc) is 3.24. The molecule has 4 rings (SSSR count). The molecule has 9 heteroatoms. The van der Waals surface area contributed by atoms with Gasteiger partial charge in [0.25, 0.3) is 15.9 Å². The van der Waals surface area contributed by atoms with Crippen LogP contribution in [0.3, 0.4) is 0 Å². The molecule has 0 bridgehead atoms. The minimum Gasteiger partial charge on any atom is -0.495 e. The van der Waals surface area contributed by atoms with Crippen molar-refractivity contribution in [3.05, 3.63) is 89.3 Å². The first kappa shape index (κ1) is 24.0. The van der Waals surface area contributed by atoms with Crippen LogP contribution in [0.25, 0.3) is 11.5 Å². The van der Waals surface area contributed by atoms with Crippen LogP contribution in [-0.2, 0) is 10.0 Å². The van der Waals surface area contributed by atoms with Crippen molar-refractivity contribution in [2.24, 2.45) is 0 Å². The summed E-state index contributed by atoms with van der Waals surface area (Å²) in [6, 6.07) is 19.1. The summed E-state index contributed by atoms with van der Waals surface area (Å²) in [4.78, 5) is 17.2. The summed E-state index contributed by atoms with van der Waals surface area (Å²) in [5, 5.41) is 2.71. The predicted octanol–water partition coefficient (Wildman–Crippen LogP) is 5.33. The molecular weight excluding hydrogens is 466 g/mol. The van der Waals surface area contributed by atoms with Crippen LogP contribution in [0.1, 0.15) is 27.4 Å². The molecule has 0 spiro atoms. The maximum absolute atomic E-state index is 13.3. The summed E-state index contributed by atoms with van der Waals surface area (Å²) < 4.78 is 40.1. The second kappa shape index (κ2) is 9.63. The molecule has 0 fully saturated rings. The molecule has 0 atom stereocenters. The molecule has 0 saturated heterocycles. The molecule has 35 heavy (non-hydrogen) atoms. The van der Waals surface area contributed by atoms with E-state index < -0.39 is 15.9 Å². The Morgan fingerprint density at radius 2 is 1.63 bits per heavy atom. The highest BCUT2D eigenvalue weighted by atomic mass is 32.2. The van der Waals surface area contributed by atoms with Crippen molar-refractivity contribution in [2.45, 2.75) is 25.7 Å². The number of amides is 1. The molecular formula is C26H25N3O5S. The molecule has 0 saturated carbocycles. The van der Waals surface area contributed by atoms with Crippen LogP contribution in [0, 0.1) is 20.8 Å². The Morgan fingerprint density at radius 1 is 0.943 bits per heavy atom. The number of hydrogen-bond acceptors (Lipinski definition) is 6. The van der Waals surface area contributed by atoms with Gasteiger partial charge < -0.3 is 14.5 Å². The average molecular weight is 492 g/mol. The van der Waals surface area contributed by atoms with E-state index in [1.54, 1.807) is 13.0 Å². The second-order valence-electron chi connectivity index (χ2n) is 7.98. The fraction of sp³-hybridized carbons (Fsp3) is 0.154. The zero-order chi connectivity index (χ0) is 25.2. The number of ether oxygens (including phenoxy) is 1. The van der Waals surface area contributed by atoms with Gasteiger partial charge in [0.05, 0.1) is 12.8 Å². The number of methoxy groups -OCH3 is 1. The van der Waals surface area contributed by atoms with E-state index in [2.05, 4.69) is 15.0 Å². The van der Waals surface area contributed by atoms with Crippen molar-refractivity contribution in [2.75, 3.05) is 17.1 Å². The molecule has 1 aromatic heterocycles. The Hall–Kier alpha value is -4.11. The lowest BCUT2D eigenvalue weighted by molar-refractivity contribution is 0.102. The molecule has 4 aromatic rings. The first-order valence-electron chi connectivity index (χ1n) is 10.8. The Balaban J connectivity index is 1.63. The molecule has 0 radical (unpaired) electrons. The smallest absolute Gasteiger partial charge is 0.277 e. The standard InChI is InChI=1S/C26H25N3O5S/c1-16-9-8-10-17(2)23(16)29-35(31,32)22-15-20(13-14-21(22)33-4)27-25(30)24-18(3)34-26(28-24)19-11-6-5-7-12-19/h5-15,29H,1-4H3,(H,27,30).